The standard InChI is InChI=1S/C21H24N2O5/c1-4-22-21(26)23-19(24)18(15-8-6-5-7-9-15)28-20(25)16-10-12-17(13-11-16)27-14(2)3/h5-14,18H,4H2,1-3H3,(H2,22,23,24,26)/t18-/m1/s1. The van der Waals surface area contributed by atoms with E-state index in [9.17, 15) is 14.4 Å². The summed E-state index contributed by atoms with van der Waals surface area (Å²) in [6, 6.07) is 14.3. The van der Waals surface area contributed by atoms with Crippen molar-refractivity contribution in [1.29, 1.82) is 0 Å². The van der Waals surface area contributed by atoms with E-state index in [2.05, 4.69) is 10.6 Å². The van der Waals surface area contributed by atoms with Crippen molar-refractivity contribution < 1.29 is 23.9 Å². The number of rotatable bonds is 7. The minimum atomic E-state index is -1.26. The molecule has 0 saturated heterocycles. The lowest BCUT2D eigenvalue weighted by atomic mass is 10.1. The van der Waals surface area contributed by atoms with Crippen molar-refractivity contribution in [2.45, 2.75) is 33.0 Å². The summed E-state index contributed by atoms with van der Waals surface area (Å²) in [6.45, 7) is 5.89. The lowest BCUT2D eigenvalue weighted by Gasteiger charge is -2.18. The number of esters is 1. The summed E-state index contributed by atoms with van der Waals surface area (Å²) in [5.74, 6) is -0.790. The quantitative estimate of drug-likeness (QED) is 0.715. The van der Waals surface area contributed by atoms with Crippen molar-refractivity contribution in [3.05, 3.63) is 65.7 Å². The van der Waals surface area contributed by atoms with Gasteiger partial charge in [0.15, 0.2) is 0 Å². The molecule has 2 rings (SSSR count). The maximum atomic E-state index is 12.5. The Balaban J connectivity index is 2.16. The van der Waals surface area contributed by atoms with Gasteiger partial charge in [0.2, 0.25) is 6.10 Å². The summed E-state index contributed by atoms with van der Waals surface area (Å²) in [5.41, 5.74) is 0.722. The van der Waals surface area contributed by atoms with Crippen LogP contribution in [0.3, 0.4) is 0 Å². The van der Waals surface area contributed by atoms with Crippen LogP contribution in [0, 0.1) is 0 Å². The minimum absolute atomic E-state index is 0.0122. The second kappa shape index (κ2) is 10.1. The molecule has 0 heterocycles. The lowest BCUT2D eigenvalue weighted by molar-refractivity contribution is -0.129. The molecular formula is C21H24N2O5. The third kappa shape index (κ3) is 6.12. The molecule has 7 nitrogen and oxygen atoms in total. The normalized spacial score (nSPS) is 11.4. The second-order valence-electron chi connectivity index (χ2n) is 6.24. The Kier molecular flexibility index (Phi) is 7.56. The summed E-state index contributed by atoms with van der Waals surface area (Å²) >= 11 is 0. The van der Waals surface area contributed by atoms with Crippen LogP contribution in [0.5, 0.6) is 5.75 Å². The van der Waals surface area contributed by atoms with Gasteiger partial charge in [-0.3, -0.25) is 10.1 Å². The smallest absolute Gasteiger partial charge is 0.339 e. The van der Waals surface area contributed by atoms with Gasteiger partial charge in [-0.1, -0.05) is 30.3 Å². The maximum absolute atomic E-state index is 12.5. The zero-order chi connectivity index (χ0) is 20.5. The molecule has 0 aromatic heterocycles. The highest BCUT2D eigenvalue weighted by Crippen LogP contribution is 2.21. The molecule has 0 aliphatic carbocycles. The van der Waals surface area contributed by atoms with Crippen LogP contribution < -0.4 is 15.4 Å². The number of carbonyl (C=O) groups is 3. The van der Waals surface area contributed by atoms with Crippen LogP contribution in [-0.4, -0.2) is 30.6 Å². The van der Waals surface area contributed by atoms with E-state index in [-0.39, 0.29) is 11.7 Å². The summed E-state index contributed by atoms with van der Waals surface area (Å²) < 4.78 is 11.0. The van der Waals surface area contributed by atoms with Crippen LogP contribution in [0.2, 0.25) is 0 Å². The predicted molar refractivity (Wildman–Crippen MR) is 104 cm³/mol. The largest absolute Gasteiger partial charge is 0.491 e. The molecule has 148 valence electrons. The Morgan fingerprint density at radius 2 is 1.61 bits per heavy atom. The molecule has 0 aliphatic rings. The van der Waals surface area contributed by atoms with Crippen molar-refractivity contribution in [3.8, 4) is 5.75 Å². The van der Waals surface area contributed by atoms with E-state index in [4.69, 9.17) is 9.47 Å². The molecule has 2 aromatic carbocycles. The van der Waals surface area contributed by atoms with Gasteiger partial charge < -0.3 is 14.8 Å². The third-order valence-corrected chi connectivity index (χ3v) is 3.60. The minimum Gasteiger partial charge on any atom is -0.491 e. The van der Waals surface area contributed by atoms with Gasteiger partial charge in [-0.25, -0.2) is 9.59 Å². The van der Waals surface area contributed by atoms with Gasteiger partial charge in [0, 0.05) is 12.1 Å². The van der Waals surface area contributed by atoms with Crippen molar-refractivity contribution in [1.82, 2.24) is 10.6 Å². The molecule has 0 fully saturated rings. The molecule has 0 unspecified atom stereocenters. The molecule has 0 saturated carbocycles. The first-order chi connectivity index (χ1) is 13.4. The van der Waals surface area contributed by atoms with Crippen LogP contribution in [0.25, 0.3) is 0 Å². The Labute approximate surface area is 164 Å². The van der Waals surface area contributed by atoms with Gasteiger partial charge in [-0.2, -0.15) is 0 Å². The maximum Gasteiger partial charge on any atom is 0.339 e. The van der Waals surface area contributed by atoms with Gasteiger partial charge in [-0.15, -0.1) is 0 Å². The second-order valence-corrected chi connectivity index (χ2v) is 6.24. The monoisotopic (exact) mass is 384 g/mol. The number of hydrogen-bond acceptors (Lipinski definition) is 5. The zero-order valence-corrected chi connectivity index (χ0v) is 16.1. The molecule has 0 bridgehead atoms. The summed E-state index contributed by atoms with van der Waals surface area (Å²) in [7, 11) is 0. The first kappa shape index (κ1) is 21.0. The van der Waals surface area contributed by atoms with Crippen molar-refractivity contribution in [3.63, 3.8) is 0 Å². The van der Waals surface area contributed by atoms with Crippen LogP contribution in [0.15, 0.2) is 54.6 Å². The zero-order valence-electron chi connectivity index (χ0n) is 16.1. The Bertz CT molecular complexity index is 803. The molecule has 3 amide bonds. The molecule has 0 aliphatic heterocycles. The molecular weight excluding hydrogens is 360 g/mol. The number of nitrogens with one attached hydrogen (secondary N) is 2. The fraction of sp³-hybridized carbons (Fsp3) is 0.286. The van der Waals surface area contributed by atoms with E-state index in [1.807, 2.05) is 13.8 Å². The average Bonchev–Trinajstić information content (AvgIpc) is 2.66. The molecule has 7 heteroatoms. The first-order valence-electron chi connectivity index (χ1n) is 9.02. The molecule has 1 atom stereocenters. The molecule has 0 spiro atoms. The highest BCUT2D eigenvalue weighted by molar-refractivity contribution is 5.99. The Morgan fingerprint density at radius 1 is 0.964 bits per heavy atom. The first-order valence-corrected chi connectivity index (χ1v) is 9.02. The summed E-state index contributed by atoms with van der Waals surface area (Å²) in [4.78, 5) is 36.7. The summed E-state index contributed by atoms with van der Waals surface area (Å²) in [5, 5.41) is 4.64. The van der Waals surface area contributed by atoms with Crippen molar-refractivity contribution in [2.75, 3.05) is 6.54 Å². The van der Waals surface area contributed by atoms with Crippen LogP contribution >= 0.6 is 0 Å². The SMILES string of the molecule is CCNC(=O)NC(=O)[C@H](OC(=O)c1ccc(OC(C)C)cc1)c1ccccc1. The average molecular weight is 384 g/mol. The van der Waals surface area contributed by atoms with Crippen molar-refractivity contribution >= 4 is 17.9 Å². The highest BCUT2D eigenvalue weighted by Gasteiger charge is 2.27. The van der Waals surface area contributed by atoms with Gasteiger partial charge in [-0.05, 0) is 45.0 Å². The van der Waals surface area contributed by atoms with Gasteiger partial charge in [0.1, 0.15) is 5.75 Å². The third-order valence-electron chi connectivity index (χ3n) is 3.60. The number of ether oxygens (including phenoxy) is 2. The molecule has 0 radical (unpaired) electrons. The number of amides is 3. The van der Waals surface area contributed by atoms with Crippen LogP contribution in [-0.2, 0) is 9.53 Å². The highest BCUT2D eigenvalue weighted by atomic mass is 16.5. The molecule has 2 aromatic rings. The predicted octanol–water partition coefficient (Wildman–Crippen LogP) is 3.22. The van der Waals surface area contributed by atoms with E-state index < -0.39 is 24.0 Å². The summed E-state index contributed by atoms with van der Waals surface area (Å²) in [6.07, 6.45) is -1.25. The number of urea groups is 1. The Morgan fingerprint density at radius 3 is 2.18 bits per heavy atom. The van der Waals surface area contributed by atoms with E-state index in [0.29, 0.717) is 17.9 Å². The van der Waals surface area contributed by atoms with Gasteiger partial charge in [0.25, 0.3) is 5.91 Å². The number of hydrogen-bond donors (Lipinski definition) is 2. The lowest BCUT2D eigenvalue weighted by Crippen LogP contribution is -2.42. The van der Waals surface area contributed by atoms with Gasteiger partial charge in [0.05, 0.1) is 11.7 Å². The van der Waals surface area contributed by atoms with Crippen LogP contribution in [0.1, 0.15) is 42.8 Å². The Hall–Kier alpha value is -3.35. The fourth-order valence-electron chi connectivity index (χ4n) is 2.40. The molecule has 28 heavy (non-hydrogen) atoms. The number of imide groups is 1. The van der Waals surface area contributed by atoms with E-state index in [0.717, 1.165) is 0 Å². The van der Waals surface area contributed by atoms with E-state index in [1.165, 1.54) is 0 Å². The number of benzene rings is 2. The molecule has 2 N–H and O–H groups in total. The van der Waals surface area contributed by atoms with Gasteiger partial charge >= 0.3 is 12.0 Å². The van der Waals surface area contributed by atoms with Crippen LogP contribution in [0.4, 0.5) is 4.79 Å². The van der Waals surface area contributed by atoms with Crippen molar-refractivity contribution in [2.24, 2.45) is 0 Å². The topological polar surface area (TPSA) is 93.7 Å². The number of carbonyl (C=O) groups excluding carboxylic acids is 3. The van der Waals surface area contributed by atoms with E-state index in [1.54, 1.807) is 61.5 Å². The fourth-order valence-corrected chi connectivity index (χ4v) is 2.40. The van der Waals surface area contributed by atoms with E-state index >= 15 is 0 Å².